The molecule has 0 aromatic rings. The van der Waals surface area contributed by atoms with E-state index in [4.69, 9.17) is 9.84 Å². The minimum atomic E-state index is -0.751. The van der Waals surface area contributed by atoms with E-state index in [9.17, 15) is 9.59 Å². The molecule has 0 radical (unpaired) electrons. The second-order valence-electron chi connectivity index (χ2n) is 5.36. The molecule has 2 aliphatic heterocycles. The Balaban J connectivity index is 1.84. The van der Waals surface area contributed by atoms with Gasteiger partial charge in [-0.3, -0.25) is 14.5 Å². The lowest BCUT2D eigenvalue weighted by Crippen LogP contribution is -2.50. The third-order valence-electron chi connectivity index (χ3n) is 4.01. The molecule has 2 unspecified atom stereocenters. The SMILES string of the molecule is CC(C(=O)N1CCOCC1)N1CCC(CC(=O)O)C1. The highest BCUT2D eigenvalue weighted by atomic mass is 16.5. The maximum atomic E-state index is 12.3. The van der Waals surface area contributed by atoms with Gasteiger partial charge >= 0.3 is 5.97 Å². The fourth-order valence-electron chi connectivity index (χ4n) is 2.83. The number of rotatable bonds is 4. The quantitative estimate of drug-likeness (QED) is 0.780. The minimum absolute atomic E-state index is 0.138. The number of nitrogens with zero attached hydrogens (tertiary/aromatic N) is 2. The molecular formula is C13H22N2O4. The van der Waals surface area contributed by atoms with Crippen LogP contribution >= 0.6 is 0 Å². The zero-order chi connectivity index (χ0) is 13.8. The Morgan fingerprint density at radius 2 is 2.00 bits per heavy atom. The van der Waals surface area contributed by atoms with Crippen molar-refractivity contribution < 1.29 is 19.4 Å². The third kappa shape index (κ3) is 3.67. The van der Waals surface area contributed by atoms with Crippen LogP contribution in [0.15, 0.2) is 0 Å². The third-order valence-corrected chi connectivity index (χ3v) is 4.01. The zero-order valence-electron chi connectivity index (χ0n) is 11.4. The Bertz CT molecular complexity index is 342. The molecule has 2 aliphatic rings. The summed E-state index contributed by atoms with van der Waals surface area (Å²) in [5.41, 5.74) is 0. The van der Waals surface area contributed by atoms with Crippen molar-refractivity contribution in [1.82, 2.24) is 9.80 Å². The van der Waals surface area contributed by atoms with Gasteiger partial charge in [-0.1, -0.05) is 0 Å². The van der Waals surface area contributed by atoms with Crippen LogP contribution in [0, 0.1) is 5.92 Å². The Morgan fingerprint density at radius 3 is 2.63 bits per heavy atom. The summed E-state index contributed by atoms with van der Waals surface area (Å²) in [4.78, 5) is 27.0. The van der Waals surface area contributed by atoms with Crippen LogP contribution in [0.2, 0.25) is 0 Å². The maximum Gasteiger partial charge on any atom is 0.303 e. The second kappa shape index (κ2) is 6.34. The zero-order valence-corrected chi connectivity index (χ0v) is 11.4. The van der Waals surface area contributed by atoms with Crippen LogP contribution in [0.5, 0.6) is 0 Å². The summed E-state index contributed by atoms with van der Waals surface area (Å²) >= 11 is 0. The van der Waals surface area contributed by atoms with Gasteiger partial charge in [-0.15, -0.1) is 0 Å². The van der Waals surface area contributed by atoms with Gasteiger partial charge in [-0.05, 0) is 25.8 Å². The van der Waals surface area contributed by atoms with Gasteiger partial charge in [0, 0.05) is 26.1 Å². The summed E-state index contributed by atoms with van der Waals surface area (Å²) in [7, 11) is 0. The van der Waals surface area contributed by atoms with Crippen molar-refractivity contribution in [3.8, 4) is 0 Å². The average Bonchev–Trinajstić information content (AvgIpc) is 2.85. The molecule has 19 heavy (non-hydrogen) atoms. The Morgan fingerprint density at radius 1 is 1.32 bits per heavy atom. The molecule has 0 saturated carbocycles. The van der Waals surface area contributed by atoms with E-state index in [2.05, 4.69) is 4.90 Å². The van der Waals surface area contributed by atoms with Crippen LogP contribution in [0.25, 0.3) is 0 Å². The summed E-state index contributed by atoms with van der Waals surface area (Å²) < 4.78 is 5.24. The second-order valence-corrected chi connectivity index (χ2v) is 5.36. The van der Waals surface area contributed by atoms with Gasteiger partial charge in [0.25, 0.3) is 0 Å². The van der Waals surface area contributed by atoms with Crippen molar-refractivity contribution >= 4 is 11.9 Å². The molecule has 0 bridgehead atoms. The van der Waals surface area contributed by atoms with Gasteiger partial charge in [0.1, 0.15) is 0 Å². The lowest BCUT2D eigenvalue weighted by Gasteiger charge is -2.32. The number of carbonyl (C=O) groups is 2. The normalized spacial score (nSPS) is 26.4. The molecule has 2 saturated heterocycles. The van der Waals surface area contributed by atoms with Crippen LogP contribution in [0.3, 0.4) is 0 Å². The van der Waals surface area contributed by atoms with Crippen LogP contribution < -0.4 is 0 Å². The predicted molar refractivity (Wildman–Crippen MR) is 68.8 cm³/mol. The maximum absolute atomic E-state index is 12.3. The smallest absolute Gasteiger partial charge is 0.303 e. The van der Waals surface area contributed by atoms with Gasteiger partial charge in [0.15, 0.2) is 0 Å². The van der Waals surface area contributed by atoms with E-state index < -0.39 is 5.97 Å². The van der Waals surface area contributed by atoms with Gasteiger partial charge < -0.3 is 14.7 Å². The number of hydrogen-bond donors (Lipinski definition) is 1. The summed E-state index contributed by atoms with van der Waals surface area (Å²) in [6.45, 7) is 5.99. The van der Waals surface area contributed by atoms with E-state index in [1.165, 1.54) is 0 Å². The molecule has 2 atom stereocenters. The number of morpholine rings is 1. The molecule has 0 aliphatic carbocycles. The monoisotopic (exact) mass is 270 g/mol. The first kappa shape index (κ1) is 14.3. The molecule has 0 aromatic carbocycles. The van der Waals surface area contributed by atoms with Gasteiger partial charge in [0.2, 0.25) is 5.91 Å². The van der Waals surface area contributed by atoms with Crippen LogP contribution in [0.1, 0.15) is 19.8 Å². The first-order valence-corrected chi connectivity index (χ1v) is 6.90. The van der Waals surface area contributed by atoms with E-state index >= 15 is 0 Å². The van der Waals surface area contributed by atoms with Crippen molar-refractivity contribution in [2.45, 2.75) is 25.8 Å². The van der Waals surface area contributed by atoms with Crippen molar-refractivity contribution in [2.75, 3.05) is 39.4 Å². The van der Waals surface area contributed by atoms with Crippen molar-refractivity contribution in [3.63, 3.8) is 0 Å². The number of carboxylic acid groups (broad SMARTS) is 1. The largest absolute Gasteiger partial charge is 0.481 e. The Labute approximate surface area is 113 Å². The van der Waals surface area contributed by atoms with Crippen molar-refractivity contribution in [3.05, 3.63) is 0 Å². The fraction of sp³-hybridized carbons (Fsp3) is 0.846. The molecule has 108 valence electrons. The average molecular weight is 270 g/mol. The fourth-order valence-corrected chi connectivity index (χ4v) is 2.83. The minimum Gasteiger partial charge on any atom is -0.481 e. The molecular weight excluding hydrogens is 248 g/mol. The number of likely N-dealkylation sites (tertiary alicyclic amines) is 1. The number of amides is 1. The molecule has 0 spiro atoms. The molecule has 1 amide bonds. The highest BCUT2D eigenvalue weighted by Crippen LogP contribution is 2.22. The van der Waals surface area contributed by atoms with Crippen molar-refractivity contribution in [2.24, 2.45) is 5.92 Å². The van der Waals surface area contributed by atoms with E-state index in [0.29, 0.717) is 32.8 Å². The van der Waals surface area contributed by atoms with E-state index in [-0.39, 0.29) is 24.3 Å². The Hall–Kier alpha value is -1.14. The highest BCUT2D eigenvalue weighted by Gasteiger charge is 2.32. The number of ether oxygens (including phenoxy) is 1. The lowest BCUT2D eigenvalue weighted by molar-refractivity contribution is -0.140. The highest BCUT2D eigenvalue weighted by molar-refractivity contribution is 5.81. The summed E-state index contributed by atoms with van der Waals surface area (Å²) in [6.07, 6.45) is 1.07. The van der Waals surface area contributed by atoms with Gasteiger partial charge in [-0.25, -0.2) is 0 Å². The van der Waals surface area contributed by atoms with E-state index in [1.807, 2.05) is 11.8 Å². The summed E-state index contributed by atoms with van der Waals surface area (Å²) in [6, 6.07) is -0.156. The topological polar surface area (TPSA) is 70.1 Å². The first-order valence-electron chi connectivity index (χ1n) is 6.90. The van der Waals surface area contributed by atoms with Crippen LogP contribution in [-0.4, -0.2) is 72.2 Å². The number of carboxylic acids is 1. The number of carbonyl (C=O) groups excluding carboxylic acids is 1. The van der Waals surface area contributed by atoms with Crippen molar-refractivity contribution in [1.29, 1.82) is 0 Å². The summed E-state index contributed by atoms with van der Waals surface area (Å²) in [5.74, 6) is -0.435. The number of aliphatic carboxylic acids is 1. The predicted octanol–water partition coefficient (Wildman–Crippen LogP) is 0.0303. The molecule has 6 heteroatoms. The molecule has 6 nitrogen and oxygen atoms in total. The first-order chi connectivity index (χ1) is 9.08. The van der Waals surface area contributed by atoms with E-state index in [1.54, 1.807) is 0 Å². The molecule has 1 N–H and O–H groups in total. The summed E-state index contributed by atoms with van der Waals surface area (Å²) in [5, 5.41) is 8.80. The Kier molecular flexibility index (Phi) is 4.76. The standard InChI is InChI=1S/C13H22N2O4/c1-10(13(18)14-4-6-19-7-5-14)15-3-2-11(9-15)8-12(16)17/h10-11H,2-9H2,1H3,(H,16,17). The molecule has 0 aromatic heterocycles. The van der Waals surface area contributed by atoms with Crippen LogP contribution in [-0.2, 0) is 14.3 Å². The van der Waals surface area contributed by atoms with Gasteiger partial charge in [0.05, 0.1) is 19.3 Å². The van der Waals surface area contributed by atoms with E-state index in [0.717, 1.165) is 13.0 Å². The molecule has 2 fully saturated rings. The van der Waals surface area contributed by atoms with Gasteiger partial charge in [-0.2, -0.15) is 0 Å². The molecule has 2 rings (SSSR count). The van der Waals surface area contributed by atoms with Crippen LogP contribution in [0.4, 0.5) is 0 Å². The lowest BCUT2D eigenvalue weighted by atomic mass is 10.1. The number of hydrogen-bond acceptors (Lipinski definition) is 4. The molecule has 2 heterocycles.